The van der Waals surface area contributed by atoms with Gasteiger partial charge in [-0.05, 0) is 48.0 Å². The second kappa shape index (κ2) is 8.58. The maximum atomic E-state index is 13.8. The highest BCUT2D eigenvalue weighted by Crippen LogP contribution is 2.32. The number of amides is 1. The highest BCUT2D eigenvalue weighted by atomic mass is 32.3. The van der Waals surface area contributed by atoms with E-state index < -0.39 is 22.1 Å². The van der Waals surface area contributed by atoms with Gasteiger partial charge in [0, 0.05) is 17.8 Å². The summed E-state index contributed by atoms with van der Waals surface area (Å²) in [6.07, 6.45) is 2.91. The molecule has 0 bridgehead atoms. The smallest absolute Gasteiger partial charge is 0.248 e. The van der Waals surface area contributed by atoms with Gasteiger partial charge in [-0.1, -0.05) is 28.5 Å². The molecule has 1 aliphatic heterocycles. The molecule has 3 aromatic rings. The Bertz CT molecular complexity index is 1210. The number of carbonyl (C=O) groups excluding carboxylic acids is 1. The highest BCUT2D eigenvalue weighted by Gasteiger charge is 2.22. The number of carbonyl (C=O) groups is 1. The Morgan fingerprint density at radius 3 is 2.68 bits per heavy atom. The molecule has 7 nitrogen and oxygen atoms in total. The van der Waals surface area contributed by atoms with Crippen molar-refractivity contribution in [2.75, 3.05) is 16.8 Å². The molecule has 0 fully saturated rings. The predicted octanol–water partition coefficient (Wildman–Crippen LogP) is 4.22. The lowest BCUT2D eigenvalue weighted by molar-refractivity contribution is -0.111. The average molecular weight is 440 g/mol. The minimum atomic E-state index is -4.04. The number of hydrogen-bond acceptors (Lipinski definition) is 5. The van der Waals surface area contributed by atoms with Crippen LogP contribution in [0.15, 0.2) is 77.7 Å². The Morgan fingerprint density at radius 1 is 1.03 bits per heavy atom. The summed E-state index contributed by atoms with van der Waals surface area (Å²) >= 11 is 0. The van der Waals surface area contributed by atoms with Crippen molar-refractivity contribution in [3.05, 3.63) is 84.2 Å². The third kappa shape index (κ3) is 4.90. The zero-order valence-electron chi connectivity index (χ0n) is 16.0. The normalized spacial score (nSPS) is 14.3. The quantitative estimate of drug-likeness (QED) is 0.442. The lowest BCUT2D eigenvalue weighted by atomic mass is 10.2. The van der Waals surface area contributed by atoms with Crippen molar-refractivity contribution >= 4 is 33.8 Å². The number of halogens is 1. The molecule has 1 aliphatic rings. The third-order valence-electron chi connectivity index (χ3n) is 4.35. The number of nitrogens with one attached hydrogen (secondary N) is 2. The second-order valence-electron chi connectivity index (χ2n) is 6.55. The van der Waals surface area contributed by atoms with Crippen LogP contribution in [0.2, 0.25) is 0 Å². The van der Waals surface area contributed by atoms with Crippen molar-refractivity contribution in [1.29, 1.82) is 0 Å². The Morgan fingerprint density at radius 2 is 1.84 bits per heavy atom. The van der Waals surface area contributed by atoms with Gasteiger partial charge in [0.1, 0.15) is 5.69 Å². The molecule has 0 aromatic heterocycles. The first-order valence-electron chi connectivity index (χ1n) is 9.17. The molecule has 4 rings (SSSR count). The molecule has 9 heteroatoms. The molecule has 1 heterocycles. The van der Waals surface area contributed by atoms with Crippen molar-refractivity contribution in [2.45, 2.75) is 4.90 Å². The third-order valence-corrected chi connectivity index (χ3v) is 5.72. The first kappa shape index (κ1) is 20.6. The van der Waals surface area contributed by atoms with Crippen molar-refractivity contribution in [1.82, 2.24) is 0 Å². The fourth-order valence-corrected chi connectivity index (χ4v) is 3.97. The number of para-hydroxylation sites is 1. The standard InChI is InChI=1S/C22H17FN2O5S/c23-18-6-1-2-7-19(18)25-31(27,28)17-5-3-4-16(13-17)24-22(26)11-9-15-8-10-20-21(12-15)30-14-29-20/h1-13H,14H2,(H2-,24,25,26,27,28)/b11-9+. The van der Waals surface area contributed by atoms with Gasteiger partial charge in [0.2, 0.25) is 12.7 Å². The summed E-state index contributed by atoms with van der Waals surface area (Å²) in [5, 5.41) is 2.60. The van der Waals surface area contributed by atoms with E-state index >= 15 is 0 Å². The number of hydrogen-bond donors (Lipinski definition) is 2. The number of rotatable bonds is 6. The van der Waals surface area contributed by atoms with E-state index in [0.717, 1.165) is 11.6 Å². The van der Waals surface area contributed by atoms with Gasteiger partial charge in [0.25, 0.3) is 0 Å². The topological polar surface area (TPSA) is 99.7 Å². The molecule has 0 saturated heterocycles. The van der Waals surface area contributed by atoms with E-state index in [1.54, 1.807) is 30.3 Å². The molecule has 1 unspecified atom stereocenters. The molecular formula is C22H17FN2O5S. The van der Waals surface area contributed by atoms with E-state index in [1.165, 1.54) is 42.5 Å². The summed E-state index contributed by atoms with van der Waals surface area (Å²) in [5.41, 5.74) is 0.852. The van der Waals surface area contributed by atoms with Crippen LogP contribution in [0.3, 0.4) is 0 Å². The largest absolute Gasteiger partial charge is 0.588 e. The first-order chi connectivity index (χ1) is 14.9. The van der Waals surface area contributed by atoms with Crippen molar-refractivity contribution < 1.29 is 27.4 Å². The first-order valence-corrected chi connectivity index (χ1v) is 10.7. The van der Waals surface area contributed by atoms with Gasteiger partial charge in [-0.15, -0.1) is 0 Å². The van der Waals surface area contributed by atoms with Crippen LogP contribution in [0.4, 0.5) is 15.8 Å². The molecule has 31 heavy (non-hydrogen) atoms. The van der Waals surface area contributed by atoms with Gasteiger partial charge in [0.15, 0.2) is 32.6 Å². The number of anilines is 2. The fraction of sp³-hybridized carbons (Fsp3) is 0.0455. The van der Waals surface area contributed by atoms with E-state index in [2.05, 4.69) is 10.0 Å². The van der Waals surface area contributed by atoms with Gasteiger partial charge in [-0.2, -0.15) is 4.72 Å². The number of fused-ring (bicyclic) bond motifs is 1. The zero-order chi connectivity index (χ0) is 21.8. The van der Waals surface area contributed by atoms with Gasteiger partial charge >= 0.3 is 0 Å². The average Bonchev–Trinajstić information content (AvgIpc) is 3.22. The van der Waals surface area contributed by atoms with Gasteiger partial charge in [0.05, 0.1) is 0 Å². The van der Waals surface area contributed by atoms with Gasteiger partial charge in [-0.3, -0.25) is 4.79 Å². The van der Waals surface area contributed by atoms with Crippen LogP contribution in [-0.2, 0) is 19.4 Å². The summed E-state index contributed by atoms with van der Waals surface area (Å²) in [6.45, 7) is 0.161. The number of benzene rings is 3. The molecule has 1 amide bonds. The van der Waals surface area contributed by atoms with Crippen LogP contribution >= 0.6 is 0 Å². The van der Waals surface area contributed by atoms with E-state index in [1.807, 2.05) is 0 Å². The summed E-state index contributed by atoms with van der Waals surface area (Å²) in [5.74, 6) is 0.102. The lowest BCUT2D eigenvalue weighted by Crippen LogP contribution is -2.22. The van der Waals surface area contributed by atoms with E-state index in [-0.39, 0.29) is 23.1 Å². The molecule has 2 N–H and O–H groups in total. The van der Waals surface area contributed by atoms with Crippen LogP contribution in [-0.4, -0.2) is 17.3 Å². The molecule has 0 aliphatic carbocycles. The Kier molecular flexibility index (Phi) is 5.70. The van der Waals surface area contributed by atoms with Crippen molar-refractivity contribution in [2.24, 2.45) is 0 Å². The molecule has 0 radical (unpaired) electrons. The molecule has 1 atom stereocenters. The predicted molar refractivity (Wildman–Crippen MR) is 114 cm³/mol. The van der Waals surface area contributed by atoms with Gasteiger partial charge < -0.3 is 19.3 Å². The van der Waals surface area contributed by atoms with Crippen LogP contribution in [0.1, 0.15) is 5.56 Å². The van der Waals surface area contributed by atoms with Crippen molar-refractivity contribution in [3.8, 4) is 11.5 Å². The molecule has 0 spiro atoms. The second-order valence-corrected chi connectivity index (χ2v) is 8.23. The zero-order valence-corrected chi connectivity index (χ0v) is 16.9. The van der Waals surface area contributed by atoms with Crippen LogP contribution in [0, 0.1) is 5.82 Å². The summed E-state index contributed by atoms with van der Waals surface area (Å²) in [4.78, 5) is 12.1. The molecule has 3 aromatic carbocycles. The SMILES string of the molecule is O=C(/C=C/c1ccc2c(c1)OCO2)Nc1cccc([S+](=O)([O-])Nc2ccccc2F)c1. The number of ether oxygens (including phenoxy) is 2. The maximum absolute atomic E-state index is 13.8. The minimum absolute atomic E-state index is 0.117. The van der Waals surface area contributed by atoms with E-state index in [0.29, 0.717) is 11.5 Å². The Hall–Kier alpha value is -3.69. The van der Waals surface area contributed by atoms with Crippen LogP contribution in [0.25, 0.3) is 6.08 Å². The summed E-state index contributed by atoms with van der Waals surface area (Å²) < 4.78 is 51.6. The van der Waals surface area contributed by atoms with Crippen LogP contribution in [0.5, 0.6) is 11.5 Å². The van der Waals surface area contributed by atoms with Gasteiger partial charge in [-0.25, -0.2) is 4.39 Å². The summed E-state index contributed by atoms with van der Waals surface area (Å²) in [6, 6.07) is 16.4. The molecular weight excluding hydrogens is 423 g/mol. The Balaban J connectivity index is 1.45. The van der Waals surface area contributed by atoms with E-state index in [9.17, 15) is 17.9 Å². The fourth-order valence-electron chi connectivity index (χ4n) is 2.86. The minimum Gasteiger partial charge on any atom is -0.588 e. The molecule has 0 saturated carbocycles. The number of sulfonamides is 1. The molecule has 158 valence electrons. The monoisotopic (exact) mass is 440 g/mol. The maximum Gasteiger partial charge on any atom is 0.248 e. The lowest BCUT2D eigenvalue weighted by Gasteiger charge is -2.17. The van der Waals surface area contributed by atoms with Crippen LogP contribution < -0.4 is 19.5 Å². The Labute approximate surface area is 178 Å². The highest BCUT2D eigenvalue weighted by molar-refractivity contribution is 7.99. The summed E-state index contributed by atoms with van der Waals surface area (Å²) in [7, 11) is -4.04. The van der Waals surface area contributed by atoms with E-state index in [4.69, 9.17) is 9.47 Å². The van der Waals surface area contributed by atoms with Crippen molar-refractivity contribution in [3.63, 3.8) is 0 Å².